The molecule has 28 heavy (non-hydrogen) atoms. The fraction of sp³-hybridized carbons (Fsp3) is 0.200. The van der Waals surface area contributed by atoms with Crippen molar-refractivity contribution in [2.75, 3.05) is 5.32 Å². The van der Waals surface area contributed by atoms with Gasteiger partial charge in [0, 0.05) is 5.92 Å². The molecule has 1 aliphatic carbocycles. The minimum absolute atomic E-state index is 0.0949. The largest absolute Gasteiger partial charge is 0.478 e. The number of benzene rings is 2. The Hall–Kier alpha value is -3.16. The van der Waals surface area contributed by atoms with Crippen molar-refractivity contribution in [3.05, 3.63) is 64.5 Å². The average Bonchev–Trinajstić information content (AvgIpc) is 3.46. The summed E-state index contributed by atoms with van der Waals surface area (Å²) in [5.74, 6) is -2.95. The Morgan fingerprint density at radius 1 is 1.04 bits per heavy atom. The first-order chi connectivity index (χ1) is 13.1. The molecule has 0 unspecified atom stereocenters. The molecular formula is C20H15F4NO3. The van der Waals surface area contributed by atoms with Crippen molar-refractivity contribution >= 4 is 29.7 Å². The molecule has 8 heteroatoms. The van der Waals surface area contributed by atoms with Crippen molar-refractivity contribution in [3.8, 4) is 0 Å². The Kier molecular flexibility index (Phi) is 5.22. The molecule has 0 heterocycles. The number of carbonyl (C=O) groups is 2. The molecule has 0 spiro atoms. The fourth-order valence-corrected chi connectivity index (χ4v) is 2.59. The Morgan fingerprint density at radius 2 is 1.64 bits per heavy atom. The smallest absolute Gasteiger partial charge is 0.419 e. The number of aromatic carboxylic acids is 1. The maximum absolute atomic E-state index is 13.3. The summed E-state index contributed by atoms with van der Waals surface area (Å²) in [5, 5.41) is 11.9. The number of carboxylic acid groups (broad SMARTS) is 1. The zero-order valence-corrected chi connectivity index (χ0v) is 14.4. The predicted molar refractivity (Wildman–Crippen MR) is 95.1 cm³/mol. The van der Waals surface area contributed by atoms with E-state index in [1.165, 1.54) is 36.4 Å². The molecule has 2 N–H and O–H groups in total. The Morgan fingerprint density at radius 3 is 2.21 bits per heavy atom. The number of carboxylic acids is 1. The highest BCUT2D eigenvalue weighted by Gasteiger charge is 2.34. The molecule has 2 aromatic rings. The Bertz CT molecular complexity index is 962. The number of rotatable bonds is 5. The van der Waals surface area contributed by atoms with Crippen LogP contribution in [0.4, 0.5) is 23.2 Å². The second kappa shape index (κ2) is 7.46. The van der Waals surface area contributed by atoms with Gasteiger partial charge in [0.15, 0.2) is 0 Å². The first-order valence-corrected chi connectivity index (χ1v) is 8.38. The highest BCUT2D eigenvalue weighted by Crippen LogP contribution is 2.33. The quantitative estimate of drug-likeness (QED) is 0.551. The Labute approximate surface area is 157 Å². The van der Waals surface area contributed by atoms with Crippen LogP contribution in [0.5, 0.6) is 0 Å². The van der Waals surface area contributed by atoms with Gasteiger partial charge in [0.1, 0.15) is 5.82 Å². The predicted octanol–water partition coefficient (Wildman–Crippen LogP) is 5.06. The van der Waals surface area contributed by atoms with Gasteiger partial charge in [-0.1, -0.05) is 24.3 Å². The van der Waals surface area contributed by atoms with Crippen LogP contribution in [-0.2, 0) is 11.0 Å². The normalized spacial score (nSPS) is 14.3. The van der Waals surface area contributed by atoms with Crippen molar-refractivity contribution < 1.29 is 32.3 Å². The van der Waals surface area contributed by atoms with Crippen LogP contribution in [0.3, 0.4) is 0 Å². The van der Waals surface area contributed by atoms with Crippen molar-refractivity contribution in [1.29, 1.82) is 0 Å². The minimum Gasteiger partial charge on any atom is -0.478 e. The van der Waals surface area contributed by atoms with E-state index in [0.29, 0.717) is 11.6 Å². The number of carbonyl (C=O) groups excluding carboxylic acids is 1. The number of amides is 1. The van der Waals surface area contributed by atoms with E-state index in [-0.39, 0.29) is 28.6 Å². The number of hydrogen-bond acceptors (Lipinski definition) is 2. The van der Waals surface area contributed by atoms with E-state index in [2.05, 4.69) is 5.32 Å². The van der Waals surface area contributed by atoms with E-state index in [9.17, 15) is 32.3 Å². The van der Waals surface area contributed by atoms with Gasteiger partial charge >= 0.3 is 12.1 Å². The van der Waals surface area contributed by atoms with Crippen LogP contribution in [0.1, 0.15) is 39.9 Å². The molecule has 0 atom stereocenters. The molecule has 1 aliphatic rings. The van der Waals surface area contributed by atoms with E-state index in [0.717, 1.165) is 18.9 Å². The number of halogens is 4. The highest BCUT2D eigenvalue weighted by atomic mass is 19.4. The lowest BCUT2D eigenvalue weighted by Gasteiger charge is -2.09. The summed E-state index contributed by atoms with van der Waals surface area (Å²) in [4.78, 5) is 23.3. The third kappa shape index (κ3) is 4.57. The molecule has 3 rings (SSSR count). The third-order valence-electron chi connectivity index (χ3n) is 4.24. The molecule has 0 aliphatic heterocycles. The lowest BCUT2D eigenvalue weighted by Crippen LogP contribution is -2.16. The average molecular weight is 393 g/mol. The summed E-state index contributed by atoms with van der Waals surface area (Å²) in [7, 11) is 0. The maximum Gasteiger partial charge on any atom is 0.419 e. The monoisotopic (exact) mass is 393 g/mol. The highest BCUT2D eigenvalue weighted by molar-refractivity contribution is 6.02. The standard InChI is InChI=1S/C20H15F4NO3/c21-16-7-3-12(10-15(16)20(22,23)24)2-1-11-4-8-17(14(9-11)19(27)28)25-18(26)13-5-6-13/h1-4,7-10,13H,5-6H2,(H,25,26)(H,27,28)/b2-1+. The SMILES string of the molecule is O=C(O)c1cc(/C=C/c2ccc(F)c(C(F)(F)F)c2)ccc1NC(=O)C1CC1. The van der Waals surface area contributed by atoms with E-state index in [1.54, 1.807) is 0 Å². The molecule has 4 nitrogen and oxygen atoms in total. The molecule has 1 saturated carbocycles. The number of anilines is 1. The first kappa shape index (κ1) is 19.6. The molecule has 0 bridgehead atoms. The summed E-state index contributed by atoms with van der Waals surface area (Å²) < 4.78 is 51.7. The third-order valence-corrected chi connectivity index (χ3v) is 4.24. The van der Waals surface area contributed by atoms with Gasteiger partial charge in [-0.2, -0.15) is 13.2 Å². The Balaban J connectivity index is 1.85. The van der Waals surface area contributed by atoms with Crippen LogP contribution >= 0.6 is 0 Å². The van der Waals surface area contributed by atoms with E-state index in [4.69, 9.17) is 0 Å². The van der Waals surface area contributed by atoms with E-state index < -0.39 is 23.5 Å². The van der Waals surface area contributed by atoms with Gasteiger partial charge in [0.05, 0.1) is 16.8 Å². The lowest BCUT2D eigenvalue weighted by atomic mass is 10.1. The summed E-state index contributed by atoms with van der Waals surface area (Å²) in [5.41, 5.74) is -0.843. The van der Waals surface area contributed by atoms with Crippen LogP contribution < -0.4 is 5.32 Å². The second-order valence-corrected chi connectivity index (χ2v) is 6.44. The van der Waals surface area contributed by atoms with Crippen molar-refractivity contribution in [1.82, 2.24) is 0 Å². The summed E-state index contributed by atoms with van der Waals surface area (Å²) >= 11 is 0. The van der Waals surface area contributed by atoms with Gasteiger partial charge in [-0.25, -0.2) is 9.18 Å². The van der Waals surface area contributed by atoms with Crippen molar-refractivity contribution in [2.24, 2.45) is 5.92 Å². The van der Waals surface area contributed by atoms with Crippen molar-refractivity contribution in [2.45, 2.75) is 19.0 Å². The van der Waals surface area contributed by atoms with Gasteiger partial charge in [-0.3, -0.25) is 4.79 Å². The summed E-state index contributed by atoms with van der Waals surface area (Å²) in [6.45, 7) is 0. The van der Waals surface area contributed by atoms with Gasteiger partial charge in [-0.15, -0.1) is 0 Å². The van der Waals surface area contributed by atoms with E-state index >= 15 is 0 Å². The van der Waals surface area contributed by atoms with Crippen LogP contribution in [0.25, 0.3) is 12.2 Å². The van der Waals surface area contributed by atoms with E-state index in [1.807, 2.05) is 0 Å². The number of hydrogen-bond donors (Lipinski definition) is 2. The molecule has 0 saturated heterocycles. The number of nitrogens with one attached hydrogen (secondary N) is 1. The molecule has 146 valence electrons. The fourth-order valence-electron chi connectivity index (χ4n) is 2.59. The lowest BCUT2D eigenvalue weighted by molar-refractivity contribution is -0.140. The molecule has 0 aromatic heterocycles. The molecule has 1 amide bonds. The summed E-state index contributed by atoms with van der Waals surface area (Å²) in [6, 6.07) is 6.84. The van der Waals surface area contributed by atoms with Gasteiger partial charge in [-0.05, 0) is 48.2 Å². The molecule has 0 radical (unpaired) electrons. The zero-order chi connectivity index (χ0) is 20.5. The zero-order valence-electron chi connectivity index (χ0n) is 14.4. The molecule has 1 fully saturated rings. The van der Waals surface area contributed by atoms with Gasteiger partial charge in [0.25, 0.3) is 0 Å². The van der Waals surface area contributed by atoms with Crippen LogP contribution in [0.15, 0.2) is 36.4 Å². The topological polar surface area (TPSA) is 66.4 Å². The maximum atomic E-state index is 13.3. The first-order valence-electron chi connectivity index (χ1n) is 8.38. The van der Waals surface area contributed by atoms with Crippen LogP contribution in [-0.4, -0.2) is 17.0 Å². The second-order valence-electron chi connectivity index (χ2n) is 6.44. The summed E-state index contributed by atoms with van der Waals surface area (Å²) in [6.07, 6.45) is -0.546. The van der Waals surface area contributed by atoms with Crippen LogP contribution in [0, 0.1) is 11.7 Å². The molecule has 2 aromatic carbocycles. The van der Waals surface area contributed by atoms with Crippen molar-refractivity contribution in [3.63, 3.8) is 0 Å². The minimum atomic E-state index is -4.81. The number of alkyl halides is 3. The molecular weight excluding hydrogens is 378 g/mol. The van der Waals surface area contributed by atoms with Gasteiger partial charge < -0.3 is 10.4 Å². The van der Waals surface area contributed by atoms with Crippen LogP contribution in [0.2, 0.25) is 0 Å². The van der Waals surface area contributed by atoms with Gasteiger partial charge in [0.2, 0.25) is 5.91 Å².